The summed E-state index contributed by atoms with van der Waals surface area (Å²) in [6.07, 6.45) is 4.92. The molecule has 0 heterocycles. The van der Waals surface area contributed by atoms with Crippen LogP contribution < -0.4 is 5.32 Å². The first-order valence-electron chi connectivity index (χ1n) is 8.90. The van der Waals surface area contributed by atoms with Gasteiger partial charge in [-0.25, -0.2) is 0 Å². The maximum atomic E-state index is 12.6. The fraction of sp³-hybridized carbons (Fsp3) is 0.889. The molecule has 23 heavy (non-hydrogen) atoms. The zero-order valence-corrected chi connectivity index (χ0v) is 14.4. The fourth-order valence-electron chi connectivity index (χ4n) is 5.20. The Bertz CT molecular complexity index is 487. The van der Waals surface area contributed by atoms with E-state index in [0.29, 0.717) is 24.2 Å². The van der Waals surface area contributed by atoms with Gasteiger partial charge in [0.1, 0.15) is 0 Å². The molecule has 4 aliphatic rings. The largest absolute Gasteiger partial charge is 0.455 e. The standard InChI is InChI=1S/C18H29NO4/c1-11(2)12(3)19-15(20)9-23-16(21)17-5-13-4-14(6-17)8-18(22,7-13)10-17/h11-14,22H,4-10H2,1-3H3,(H,19,20)/t12-,13+,14+,17?,18?/m1/s1. The Morgan fingerprint density at radius 1 is 1.17 bits per heavy atom. The molecule has 0 radical (unpaired) electrons. The van der Waals surface area contributed by atoms with Gasteiger partial charge in [0, 0.05) is 6.04 Å². The number of amides is 1. The highest BCUT2D eigenvalue weighted by atomic mass is 16.5. The van der Waals surface area contributed by atoms with E-state index in [2.05, 4.69) is 5.32 Å². The second-order valence-electron chi connectivity index (χ2n) is 8.64. The molecule has 4 fully saturated rings. The summed E-state index contributed by atoms with van der Waals surface area (Å²) in [5.74, 6) is 0.680. The highest BCUT2D eigenvalue weighted by molar-refractivity contribution is 5.83. The van der Waals surface area contributed by atoms with Crippen molar-refractivity contribution in [3.05, 3.63) is 0 Å². The topological polar surface area (TPSA) is 75.6 Å². The van der Waals surface area contributed by atoms with Crippen molar-refractivity contribution in [3.63, 3.8) is 0 Å². The first-order chi connectivity index (χ1) is 10.7. The van der Waals surface area contributed by atoms with E-state index in [0.717, 1.165) is 32.1 Å². The van der Waals surface area contributed by atoms with Crippen molar-refractivity contribution >= 4 is 11.9 Å². The lowest BCUT2D eigenvalue weighted by Gasteiger charge is -2.58. The van der Waals surface area contributed by atoms with Gasteiger partial charge in [-0.1, -0.05) is 13.8 Å². The van der Waals surface area contributed by atoms with Gasteiger partial charge in [0.2, 0.25) is 0 Å². The predicted octanol–water partition coefficient (Wildman–Crippen LogP) is 2.02. The predicted molar refractivity (Wildman–Crippen MR) is 85.5 cm³/mol. The maximum Gasteiger partial charge on any atom is 0.312 e. The zero-order valence-electron chi connectivity index (χ0n) is 14.4. The Hall–Kier alpha value is -1.10. The number of nitrogens with one attached hydrogen (secondary N) is 1. The van der Waals surface area contributed by atoms with Crippen molar-refractivity contribution in [3.8, 4) is 0 Å². The van der Waals surface area contributed by atoms with E-state index in [-0.39, 0.29) is 24.5 Å². The Balaban J connectivity index is 1.57. The molecular formula is C18H29NO4. The number of carbonyl (C=O) groups is 2. The highest BCUT2D eigenvalue weighted by Gasteiger charge is 2.60. The van der Waals surface area contributed by atoms with E-state index in [1.165, 1.54) is 0 Å². The van der Waals surface area contributed by atoms with Crippen LogP contribution in [0, 0.1) is 23.2 Å². The molecule has 5 heteroatoms. The minimum Gasteiger partial charge on any atom is -0.455 e. The van der Waals surface area contributed by atoms with Crippen LogP contribution in [-0.2, 0) is 14.3 Å². The van der Waals surface area contributed by atoms with Crippen molar-refractivity contribution in [2.75, 3.05) is 6.61 Å². The van der Waals surface area contributed by atoms with Crippen molar-refractivity contribution in [1.82, 2.24) is 5.32 Å². The lowest BCUT2D eigenvalue weighted by atomic mass is 9.48. The average Bonchev–Trinajstić information content (AvgIpc) is 2.41. The summed E-state index contributed by atoms with van der Waals surface area (Å²) < 4.78 is 5.35. The van der Waals surface area contributed by atoms with Gasteiger partial charge in [-0.3, -0.25) is 9.59 Å². The molecule has 0 aromatic carbocycles. The fourth-order valence-corrected chi connectivity index (χ4v) is 5.20. The number of ether oxygens (including phenoxy) is 1. The maximum absolute atomic E-state index is 12.6. The van der Waals surface area contributed by atoms with Crippen LogP contribution in [0.15, 0.2) is 0 Å². The molecule has 0 aromatic rings. The van der Waals surface area contributed by atoms with Crippen LogP contribution >= 0.6 is 0 Å². The molecule has 0 aliphatic heterocycles. The molecule has 4 bridgehead atoms. The first kappa shape index (κ1) is 16.7. The Morgan fingerprint density at radius 2 is 1.78 bits per heavy atom. The third-order valence-corrected chi connectivity index (χ3v) is 6.19. The van der Waals surface area contributed by atoms with Gasteiger partial charge in [0.25, 0.3) is 5.91 Å². The Morgan fingerprint density at radius 3 is 2.30 bits per heavy atom. The minimum atomic E-state index is -0.683. The summed E-state index contributed by atoms with van der Waals surface area (Å²) in [6, 6.07) is 0.0569. The van der Waals surface area contributed by atoms with Crippen molar-refractivity contribution in [2.45, 2.75) is 70.9 Å². The smallest absolute Gasteiger partial charge is 0.312 e. The number of carbonyl (C=O) groups excluding carboxylic acids is 2. The quantitative estimate of drug-likeness (QED) is 0.759. The molecule has 4 saturated carbocycles. The lowest BCUT2D eigenvalue weighted by molar-refractivity contribution is -0.196. The average molecular weight is 323 g/mol. The third-order valence-electron chi connectivity index (χ3n) is 6.19. The third kappa shape index (κ3) is 3.25. The number of rotatable bonds is 5. The monoisotopic (exact) mass is 323 g/mol. The molecule has 0 spiro atoms. The van der Waals surface area contributed by atoms with Crippen LogP contribution in [0.5, 0.6) is 0 Å². The van der Waals surface area contributed by atoms with E-state index in [1.807, 2.05) is 20.8 Å². The van der Waals surface area contributed by atoms with Gasteiger partial charge in [0.15, 0.2) is 6.61 Å². The number of hydrogen-bond acceptors (Lipinski definition) is 4. The van der Waals surface area contributed by atoms with Crippen molar-refractivity contribution < 1.29 is 19.4 Å². The van der Waals surface area contributed by atoms with Gasteiger partial charge in [-0.05, 0) is 63.2 Å². The molecule has 4 aliphatic carbocycles. The second-order valence-corrected chi connectivity index (χ2v) is 8.64. The highest BCUT2D eigenvalue weighted by Crippen LogP contribution is 2.61. The molecule has 0 saturated heterocycles. The van der Waals surface area contributed by atoms with Crippen LogP contribution in [-0.4, -0.2) is 35.2 Å². The lowest BCUT2D eigenvalue weighted by Crippen LogP contribution is -2.58. The summed E-state index contributed by atoms with van der Waals surface area (Å²) in [4.78, 5) is 24.6. The van der Waals surface area contributed by atoms with Gasteiger partial charge >= 0.3 is 5.97 Å². The van der Waals surface area contributed by atoms with Crippen LogP contribution in [0.4, 0.5) is 0 Å². The normalized spacial score (nSPS) is 39.3. The first-order valence-corrected chi connectivity index (χ1v) is 8.90. The SMILES string of the molecule is CC(C)[C@@H](C)NC(=O)COC(=O)C12C[C@@H]3C[C@H](CC(O)(C3)C1)C2. The van der Waals surface area contributed by atoms with Crippen LogP contribution in [0.3, 0.4) is 0 Å². The molecule has 0 unspecified atom stereocenters. The minimum absolute atomic E-state index is 0.0569. The van der Waals surface area contributed by atoms with E-state index < -0.39 is 11.0 Å². The summed E-state index contributed by atoms with van der Waals surface area (Å²) in [7, 11) is 0. The Labute approximate surface area is 138 Å². The van der Waals surface area contributed by atoms with E-state index >= 15 is 0 Å². The van der Waals surface area contributed by atoms with E-state index in [9.17, 15) is 14.7 Å². The molecule has 0 aromatic heterocycles. The van der Waals surface area contributed by atoms with Gasteiger partial charge in [-0.15, -0.1) is 0 Å². The molecule has 3 atom stereocenters. The van der Waals surface area contributed by atoms with Crippen LogP contribution in [0.1, 0.15) is 59.3 Å². The molecule has 130 valence electrons. The van der Waals surface area contributed by atoms with E-state index in [4.69, 9.17) is 4.74 Å². The molecule has 2 N–H and O–H groups in total. The summed E-state index contributed by atoms with van der Waals surface area (Å²) in [6.45, 7) is 5.80. The summed E-state index contributed by atoms with van der Waals surface area (Å²) in [5, 5.41) is 13.5. The van der Waals surface area contributed by atoms with Crippen molar-refractivity contribution in [2.24, 2.45) is 23.2 Å². The second kappa shape index (κ2) is 5.76. The van der Waals surface area contributed by atoms with Gasteiger partial charge in [0.05, 0.1) is 11.0 Å². The summed E-state index contributed by atoms with van der Waals surface area (Å²) >= 11 is 0. The van der Waals surface area contributed by atoms with Crippen LogP contribution in [0.2, 0.25) is 0 Å². The van der Waals surface area contributed by atoms with Gasteiger partial charge < -0.3 is 15.2 Å². The Kier molecular flexibility index (Phi) is 4.20. The number of hydrogen-bond donors (Lipinski definition) is 2. The zero-order chi connectivity index (χ0) is 16.8. The number of aliphatic hydroxyl groups is 1. The summed E-state index contributed by atoms with van der Waals surface area (Å²) in [5.41, 5.74) is -1.24. The van der Waals surface area contributed by atoms with Gasteiger partial charge in [-0.2, -0.15) is 0 Å². The molecule has 1 amide bonds. The van der Waals surface area contributed by atoms with E-state index in [1.54, 1.807) is 0 Å². The molecule has 4 rings (SSSR count). The number of esters is 1. The molecular weight excluding hydrogens is 294 g/mol. The van der Waals surface area contributed by atoms with Crippen LogP contribution in [0.25, 0.3) is 0 Å². The molecule has 5 nitrogen and oxygen atoms in total. The van der Waals surface area contributed by atoms with Crippen molar-refractivity contribution in [1.29, 1.82) is 0 Å².